The van der Waals surface area contributed by atoms with Crippen LogP contribution in [0.25, 0.3) is 0 Å². The van der Waals surface area contributed by atoms with E-state index in [0.29, 0.717) is 22.7 Å². The van der Waals surface area contributed by atoms with Gasteiger partial charge in [-0.2, -0.15) is 0 Å². The van der Waals surface area contributed by atoms with Crippen molar-refractivity contribution < 1.29 is 4.74 Å². The van der Waals surface area contributed by atoms with E-state index in [0.717, 1.165) is 24.3 Å². The lowest BCUT2D eigenvalue weighted by Crippen LogP contribution is -2.24. The quantitative estimate of drug-likeness (QED) is 0.724. The standard InChI is InChI=1S/C18H21Cl2NO/c1-3-13(2)21-11-14-5-4-6-17(9-14)22-12-15-7-8-16(19)10-18(15)20/h4-10,13,21H,3,11-12H2,1-2H3/t13-/m0/s1. The molecule has 1 atom stereocenters. The highest BCUT2D eigenvalue weighted by atomic mass is 35.5. The summed E-state index contributed by atoms with van der Waals surface area (Å²) < 4.78 is 5.83. The molecule has 0 unspecified atom stereocenters. The van der Waals surface area contributed by atoms with Crippen LogP contribution in [0.1, 0.15) is 31.4 Å². The van der Waals surface area contributed by atoms with E-state index in [9.17, 15) is 0 Å². The van der Waals surface area contributed by atoms with Gasteiger partial charge in [0, 0.05) is 28.2 Å². The van der Waals surface area contributed by atoms with E-state index < -0.39 is 0 Å². The molecule has 118 valence electrons. The van der Waals surface area contributed by atoms with Gasteiger partial charge in [-0.3, -0.25) is 0 Å². The minimum absolute atomic E-state index is 0.429. The minimum Gasteiger partial charge on any atom is -0.489 e. The van der Waals surface area contributed by atoms with Crippen LogP contribution in [-0.4, -0.2) is 6.04 Å². The summed E-state index contributed by atoms with van der Waals surface area (Å²) in [5, 5.41) is 4.73. The molecule has 22 heavy (non-hydrogen) atoms. The summed E-state index contributed by atoms with van der Waals surface area (Å²) in [5.74, 6) is 0.842. The molecule has 2 aromatic rings. The molecular weight excluding hydrogens is 317 g/mol. The summed E-state index contributed by atoms with van der Waals surface area (Å²) in [6.07, 6.45) is 1.12. The summed E-state index contributed by atoms with van der Waals surface area (Å²) in [6.45, 7) is 5.63. The van der Waals surface area contributed by atoms with Crippen molar-refractivity contribution in [3.05, 3.63) is 63.6 Å². The van der Waals surface area contributed by atoms with Gasteiger partial charge >= 0.3 is 0 Å². The lowest BCUT2D eigenvalue weighted by atomic mass is 10.2. The lowest BCUT2D eigenvalue weighted by molar-refractivity contribution is 0.306. The first kappa shape index (κ1) is 17.1. The highest BCUT2D eigenvalue weighted by molar-refractivity contribution is 6.35. The minimum atomic E-state index is 0.429. The van der Waals surface area contributed by atoms with Gasteiger partial charge in [0.05, 0.1) is 0 Å². The smallest absolute Gasteiger partial charge is 0.120 e. The molecule has 0 aliphatic rings. The van der Waals surface area contributed by atoms with Gasteiger partial charge in [0.2, 0.25) is 0 Å². The van der Waals surface area contributed by atoms with E-state index in [1.165, 1.54) is 5.56 Å². The van der Waals surface area contributed by atoms with E-state index in [1.807, 2.05) is 24.3 Å². The van der Waals surface area contributed by atoms with Crippen molar-refractivity contribution in [3.63, 3.8) is 0 Å². The number of benzene rings is 2. The number of hydrogen-bond acceptors (Lipinski definition) is 2. The molecule has 0 fully saturated rings. The molecule has 2 rings (SSSR count). The van der Waals surface area contributed by atoms with Crippen LogP contribution in [0.4, 0.5) is 0 Å². The van der Waals surface area contributed by atoms with Gasteiger partial charge in [-0.15, -0.1) is 0 Å². The predicted molar refractivity (Wildman–Crippen MR) is 93.8 cm³/mol. The second kappa shape index (κ2) is 8.42. The highest BCUT2D eigenvalue weighted by Gasteiger charge is 2.04. The summed E-state index contributed by atoms with van der Waals surface area (Å²) in [7, 11) is 0. The van der Waals surface area contributed by atoms with Crippen LogP contribution in [0, 0.1) is 0 Å². The van der Waals surface area contributed by atoms with Gasteiger partial charge in [-0.25, -0.2) is 0 Å². The Morgan fingerprint density at radius 1 is 1.14 bits per heavy atom. The van der Waals surface area contributed by atoms with Gasteiger partial charge in [-0.1, -0.05) is 48.3 Å². The molecule has 0 saturated carbocycles. The molecule has 0 amide bonds. The maximum Gasteiger partial charge on any atom is 0.120 e. The first-order valence-electron chi connectivity index (χ1n) is 7.47. The van der Waals surface area contributed by atoms with Gasteiger partial charge in [0.25, 0.3) is 0 Å². The Morgan fingerprint density at radius 3 is 2.68 bits per heavy atom. The predicted octanol–water partition coefficient (Wildman–Crippen LogP) is 5.46. The maximum absolute atomic E-state index is 6.15. The van der Waals surface area contributed by atoms with Gasteiger partial charge in [-0.05, 0) is 43.2 Å². The highest BCUT2D eigenvalue weighted by Crippen LogP contribution is 2.23. The third kappa shape index (κ3) is 5.20. The Morgan fingerprint density at radius 2 is 1.95 bits per heavy atom. The second-order valence-electron chi connectivity index (χ2n) is 5.36. The number of rotatable bonds is 7. The molecule has 0 aliphatic carbocycles. The zero-order valence-corrected chi connectivity index (χ0v) is 14.4. The van der Waals surface area contributed by atoms with Crippen molar-refractivity contribution in [2.75, 3.05) is 0 Å². The summed E-state index contributed by atoms with van der Waals surface area (Å²) in [4.78, 5) is 0. The SMILES string of the molecule is CC[C@H](C)NCc1cccc(OCc2ccc(Cl)cc2Cl)c1. The zero-order chi connectivity index (χ0) is 15.9. The molecule has 1 N–H and O–H groups in total. The average molecular weight is 338 g/mol. The molecular formula is C18H21Cl2NO. The third-order valence-corrected chi connectivity index (χ3v) is 4.16. The Labute approximate surface area is 142 Å². The van der Waals surface area contributed by atoms with Crippen molar-refractivity contribution >= 4 is 23.2 Å². The summed E-state index contributed by atoms with van der Waals surface area (Å²) in [6, 6.07) is 14.1. The average Bonchev–Trinajstić information content (AvgIpc) is 2.52. The number of nitrogens with one attached hydrogen (secondary N) is 1. The summed E-state index contributed by atoms with van der Waals surface area (Å²) >= 11 is 12.0. The topological polar surface area (TPSA) is 21.3 Å². The molecule has 4 heteroatoms. The van der Waals surface area contributed by atoms with Gasteiger partial charge < -0.3 is 10.1 Å². The van der Waals surface area contributed by atoms with Crippen LogP contribution in [0.3, 0.4) is 0 Å². The maximum atomic E-state index is 6.15. The van der Waals surface area contributed by atoms with Crippen molar-refractivity contribution in [3.8, 4) is 5.75 Å². The van der Waals surface area contributed by atoms with E-state index in [4.69, 9.17) is 27.9 Å². The molecule has 0 saturated heterocycles. The number of hydrogen-bond donors (Lipinski definition) is 1. The van der Waals surface area contributed by atoms with Crippen LogP contribution < -0.4 is 10.1 Å². The molecule has 0 aromatic heterocycles. The monoisotopic (exact) mass is 337 g/mol. The van der Waals surface area contributed by atoms with Gasteiger partial charge in [0.15, 0.2) is 0 Å². The molecule has 0 spiro atoms. The molecule has 2 aromatic carbocycles. The van der Waals surface area contributed by atoms with Crippen molar-refractivity contribution in [2.45, 2.75) is 39.5 Å². The largest absolute Gasteiger partial charge is 0.489 e. The normalized spacial score (nSPS) is 12.2. The second-order valence-corrected chi connectivity index (χ2v) is 6.21. The van der Waals surface area contributed by atoms with Crippen LogP contribution in [0.2, 0.25) is 10.0 Å². The van der Waals surface area contributed by atoms with E-state index in [-0.39, 0.29) is 0 Å². The lowest BCUT2D eigenvalue weighted by Gasteiger charge is -2.13. The van der Waals surface area contributed by atoms with E-state index in [1.54, 1.807) is 6.07 Å². The van der Waals surface area contributed by atoms with Crippen molar-refractivity contribution in [1.82, 2.24) is 5.32 Å². The summed E-state index contributed by atoms with van der Waals surface area (Å²) in [5.41, 5.74) is 2.13. The fourth-order valence-electron chi connectivity index (χ4n) is 1.98. The van der Waals surface area contributed by atoms with Crippen LogP contribution >= 0.6 is 23.2 Å². The number of halogens is 2. The van der Waals surface area contributed by atoms with Crippen molar-refractivity contribution in [1.29, 1.82) is 0 Å². The number of ether oxygens (including phenoxy) is 1. The van der Waals surface area contributed by atoms with E-state index in [2.05, 4.69) is 31.3 Å². The fraction of sp³-hybridized carbons (Fsp3) is 0.333. The Hall–Kier alpha value is -1.22. The van der Waals surface area contributed by atoms with Crippen molar-refractivity contribution in [2.24, 2.45) is 0 Å². The Kier molecular flexibility index (Phi) is 6.56. The molecule has 0 heterocycles. The molecule has 0 aliphatic heterocycles. The van der Waals surface area contributed by atoms with Crippen LogP contribution in [0.15, 0.2) is 42.5 Å². The fourth-order valence-corrected chi connectivity index (χ4v) is 2.44. The first-order chi connectivity index (χ1) is 10.6. The third-order valence-electron chi connectivity index (χ3n) is 3.57. The molecule has 2 nitrogen and oxygen atoms in total. The van der Waals surface area contributed by atoms with E-state index >= 15 is 0 Å². The first-order valence-corrected chi connectivity index (χ1v) is 8.23. The van der Waals surface area contributed by atoms with Crippen LogP contribution in [0.5, 0.6) is 5.75 Å². The molecule has 0 radical (unpaired) electrons. The molecule has 0 bridgehead atoms. The van der Waals surface area contributed by atoms with Crippen LogP contribution in [-0.2, 0) is 13.2 Å². The Bertz CT molecular complexity index is 616. The zero-order valence-electron chi connectivity index (χ0n) is 12.9. The van der Waals surface area contributed by atoms with Gasteiger partial charge in [0.1, 0.15) is 12.4 Å². The Balaban J connectivity index is 1.95.